The number of hydrogen-bond acceptors (Lipinski definition) is 5. The number of carbonyl (C=O) groups is 1. The van der Waals surface area contributed by atoms with Gasteiger partial charge in [-0.05, 0) is 59.6 Å². The van der Waals surface area contributed by atoms with Crippen LogP contribution >= 0.6 is 0 Å². The third-order valence-electron chi connectivity index (χ3n) is 7.87. The minimum absolute atomic E-state index is 0.0371. The number of rotatable bonds is 6. The molecule has 4 rings (SSSR count). The average Bonchev–Trinajstić information content (AvgIpc) is 3.18. The minimum atomic E-state index is -0.0694. The molecule has 5 atom stereocenters. The number of phenols is 1. The highest BCUT2D eigenvalue weighted by molar-refractivity contribution is 5.76. The lowest BCUT2D eigenvalue weighted by Crippen LogP contribution is -2.59. The minimum Gasteiger partial charge on any atom is -0.504 e. The molecular formula is C23H33NO5. The van der Waals surface area contributed by atoms with E-state index in [4.69, 9.17) is 14.2 Å². The van der Waals surface area contributed by atoms with Crippen LogP contribution in [-0.4, -0.2) is 44.5 Å². The van der Waals surface area contributed by atoms with Gasteiger partial charge in [0.15, 0.2) is 11.5 Å². The fraction of sp³-hybridized carbons (Fsp3) is 0.696. The van der Waals surface area contributed by atoms with Crippen LogP contribution in [0.25, 0.3) is 0 Å². The molecule has 1 aromatic rings. The molecule has 3 fully saturated rings. The van der Waals surface area contributed by atoms with E-state index in [1.165, 1.54) is 0 Å². The van der Waals surface area contributed by atoms with Crippen molar-refractivity contribution in [3.63, 3.8) is 0 Å². The van der Waals surface area contributed by atoms with E-state index in [9.17, 15) is 9.90 Å². The first-order valence-electron chi connectivity index (χ1n) is 10.6. The number of methoxy groups -OCH3 is 2. The second-order valence-electron chi connectivity index (χ2n) is 9.51. The molecular weight excluding hydrogens is 370 g/mol. The van der Waals surface area contributed by atoms with E-state index in [1.807, 2.05) is 6.07 Å². The molecule has 1 heterocycles. The number of carbonyl (C=O) groups excluding carboxylic acids is 1. The zero-order valence-electron chi connectivity index (χ0n) is 17.9. The van der Waals surface area contributed by atoms with Gasteiger partial charge >= 0.3 is 0 Å². The number of phenolic OH excluding ortho intramolecular Hbond substituents is 1. The van der Waals surface area contributed by atoms with Gasteiger partial charge < -0.3 is 24.6 Å². The lowest BCUT2D eigenvalue weighted by molar-refractivity contribution is -0.137. The Morgan fingerprint density at radius 3 is 2.83 bits per heavy atom. The summed E-state index contributed by atoms with van der Waals surface area (Å²) in [6, 6.07) is 5.69. The van der Waals surface area contributed by atoms with E-state index in [-0.39, 0.29) is 34.6 Å². The van der Waals surface area contributed by atoms with Gasteiger partial charge in [0, 0.05) is 26.2 Å². The van der Waals surface area contributed by atoms with E-state index in [1.54, 1.807) is 26.4 Å². The topological polar surface area (TPSA) is 77.0 Å². The van der Waals surface area contributed by atoms with Crippen LogP contribution in [0.1, 0.15) is 51.2 Å². The summed E-state index contributed by atoms with van der Waals surface area (Å²) >= 11 is 0. The van der Waals surface area contributed by atoms with Crippen molar-refractivity contribution < 1.29 is 24.1 Å². The highest BCUT2D eigenvalue weighted by Gasteiger charge is 2.68. The van der Waals surface area contributed by atoms with E-state index in [0.717, 1.165) is 24.8 Å². The van der Waals surface area contributed by atoms with Crippen molar-refractivity contribution in [2.75, 3.05) is 27.4 Å². The summed E-state index contributed by atoms with van der Waals surface area (Å²) in [5.74, 6) is 1.56. The van der Waals surface area contributed by atoms with Crippen LogP contribution < -0.4 is 10.1 Å². The van der Waals surface area contributed by atoms with Gasteiger partial charge in [-0.3, -0.25) is 4.79 Å². The molecule has 6 nitrogen and oxygen atoms in total. The molecule has 2 N–H and O–H groups in total. The van der Waals surface area contributed by atoms with E-state index < -0.39 is 0 Å². The van der Waals surface area contributed by atoms with Gasteiger partial charge in [-0.1, -0.05) is 19.9 Å². The molecule has 3 aliphatic rings. The monoisotopic (exact) mass is 403 g/mol. The molecule has 1 unspecified atom stereocenters. The first-order chi connectivity index (χ1) is 13.8. The highest BCUT2D eigenvalue weighted by Crippen LogP contribution is 2.70. The molecule has 2 saturated carbocycles. The summed E-state index contributed by atoms with van der Waals surface area (Å²) in [5, 5.41) is 13.7. The molecule has 1 spiro atoms. The third-order valence-corrected chi connectivity index (χ3v) is 7.87. The zero-order valence-corrected chi connectivity index (χ0v) is 17.9. The second kappa shape index (κ2) is 7.47. The van der Waals surface area contributed by atoms with Crippen molar-refractivity contribution in [2.24, 2.45) is 22.7 Å². The summed E-state index contributed by atoms with van der Waals surface area (Å²) in [7, 11) is 3.17. The molecule has 1 saturated heterocycles. The molecule has 1 aliphatic heterocycles. The lowest BCUT2D eigenvalue weighted by Gasteiger charge is -2.53. The fourth-order valence-corrected chi connectivity index (χ4v) is 6.43. The van der Waals surface area contributed by atoms with Gasteiger partial charge in [-0.25, -0.2) is 0 Å². The summed E-state index contributed by atoms with van der Waals surface area (Å²) in [5.41, 5.74) is 1.08. The molecule has 2 bridgehead atoms. The highest BCUT2D eigenvalue weighted by atomic mass is 16.5. The van der Waals surface area contributed by atoms with Crippen molar-refractivity contribution in [1.29, 1.82) is 0 Å². The van der Waals surface area contributed by atoms with Crippen molar-refractivity contribution in [3.8, 4) is 11.5 Å². The smallest absolute Gasteiger partial charge is 0.222 e. The quantitative estimate of drug-likeness (QED) is 0.761. The van der Waals surface area contributed by atoms with Crippen molar-refractivity contribution in [1.82, 2.24) is 5.32 Å². The number of nitrogens with one attached hydrogen (secondary N) is 1. The van der Waals surface area contributed by atoms with Crippen molar-refractivity contribution >= 4 is 5.91 Å². The molecule has 1 aromatic carbocycles. The molecule has 0 aromatic heterocycles. The Hall–Kier alpha value is -1.79. The van der Waals surface area contributed by atoms with Crippen LogP contribution in [-0.2, 0) is 14.3 Å². The molecule has 1 amide bonds. The second-order valence-corrected chi connectivity index (χ2v) is 9.51. The van der Waals surface area contributed by atoms with Gasteiger partial charge in [-0.15, -0.1) is 0 Å². The largest absolute Gasteiger partial charge is 0.504 e. The Bertz CT molecular complexity index is 779. The van der Waals surface area contributed by atoms with E-state index >= 15 is 0 Å². The van der Waals surface area contributed by atoms with Gasteiger partial charge in [0.2, 0.25) is 5.91 Å². The number of fused-ring (bicyclic) bond motifs is 1. The molecule has 160 valence electrons. The number of aromatic hydroxyl groups is 1. The van der Waals surface area contributed by atoms with Crippen molar-refractivity contribution in [2.45, 2.75) is 51.7 Å². The number of hydrogen-bond donors (Lipinski definition) is 2. The number of ether oxygens (including phenoxy) is 3. The Kier molecular flexibility index (Phi) is 5.28. The van der Waals surface area contributed by atoms with Crippen LogP contribution in [0, 0.1) is 22.7 Å². The lowest BCUT2D eigenvalue weighted by atomic mass is 9.59. The number of amides is 1. The molecule has 2 aliphatic carbocycles. The first-order valence-corrected chi connectivity index (χ1v) is 10.6. The maximum absolute atomic E-state index is 12.6. The molecule has 29 heavy (non-hydrogen) atoms. The summed E-state index contributed by atoms with van der Waals surface area (Å²) < 4.78 is 16.5. The van der Waals surface area contributed by atoms with Crippen LogP contribution in [0.4, 0.5) is 0 Å². The maximum Gasteiger partial charge on any atom is 0.222 e. The van der Waals surface area contributed by atoms with Gasteiger partial charge in [0.05, 0.1) is 19.8 Å². The normalized spacial score (nSPS) is 34.6. The Morgan fingerprint density at radius 2 is 2.14 bits per heavy atom. The van der Waals surface area contributed by atoms with Crippen LogP contribution in [0.3, 0.4) is 0 Å². The number of benzene rings is 1. The third kappa shape index (κ3) is 3.21. The molecule has 6 heteroatoms. The Labute approximate surface area is 172 Å². The standard InChI is InChI=1S/C23H33NO5/c1-22(2)15-12-16-20(14-5-6-18(28-4)17(25)11-14)29-10-8-23(16,13-15)21(22)24-19(26)7-9-27-3/h5-6,11,15-16,20-21,25H,7-10,12-13H2,1-4H3,(H,24,26)/t15-,16-,20-,21-,23?/m1/s1. The fourth-order valence-electron chi connectivity index (χ4n) is 6.43. The maximum atomic E-state index is 12.6. The SMILES string of the molecule is COCCC(=O)N[C@@H]1C(C)(C)[C@@H]2C[C@@H]3[C@@H](c4ccc(OC)c(O)c4)OCCC31C2. The first kappa shape index (κ1) is 20.5. The van der Waals surface area contributed by atoms with Crippen LogP contribution in [0.15, 0.2) is 18.2 Å². The summed E-state index contributed by atoms with van der Waals surface area (Å²) in [6.07, 6.45) is 3.50. The van der Waals surface area contributed by atoms with E-state index in [0.29, 0.717) is 37.2 Å². The predicted octanol–water partition coefficient (Wildman–Crippen LogP) is 3.44. The van der Waals surface area contributed by atoms with Gasteiger partial charge in [0.25, 0.3) is 0 Å². The molecule has 0 radical (unpaired) electrons. The van der Waals surface area contributed by atoms with E-state index in [2.05, 4.69) is 19.2 Å². The van der Waals surface area contributed by atoms with Crippen LogP contribution in [0.5, 0.6) is 11.5 Å². The van der Waals surface area contributed by atoms with Gasteiger partial charge in [0.1, 0.15) is 0 Å². The summed E-state index contributed by atoms with van der Waals surface area (Å²) in [6.45, 7) is 5.71. The average molecular weight is 404 g/mol. The van der Waals surface area contributed by atoms with Crippen molar-refractivity contribution in [3.05, 3.63) is 23.8 Å². The van der Waals surface area contributed by atoms with Crippen LogP contribution in [0.2, 0.25) is 0 Å². The van der Waals surface area contributed by atoms with Gasteiger partial charge in [-0.2, -0.15) is 0 Å². The predicted molar refractivity (Wildman–Crippen MR) is 109 cm³/mol. The summed E-state index contributed by atoms with van der Waals surface area (Å²) in [4.78, 5) is 12.6. The Balaban J connectivity index is 1.63. The zero-order chi connectivity index (χ0) is 20.8. The Morgan fingerprint density at radius 1 is 1.34 bits per heavy atom.